The molecule has 0 saturated carbocycles. The first-order valence-corrected chi connectivity index (χ1v) is 7.80. The van der Waals surface area contributed by atoms with Crippen molar-refractivity contribution in [1.29, 1.82) is 0 Å². The first-order chi connectivity index (χ1) is 9.56. The average Bonchev–Trinajstić information content (AvgIpc) is 2.71. The SMILES string of the molecule is C[N+](C)(C)CC1CC([N+](C)(C)C)CN1c1ccc(N)cc1.Cl. The van der Waals surface area contributed by atoms with Crippen LogP contribution in [0.2, 0.25) is 0 Å². The van der Waals surface area contributed by atoms with Gasteiger partial charge in [0.25, 0.3) is 0 Å². The van der Waals surface area contributed by atoms with Gasteiger partial charge in [0.2, 0.25) is 0 Å². The fourth-order valence-corrected chi connectivity index (χ4v) is 3.24. The summed E-state index contributed by atoms with van der Waals surface area (Å²) in [5.41, 5.74) is 7.98. The molecule has 126 valence electrons. The highest BCUT2D eigenvalue weighted by atomic mass is 35.5. The van der Waals surface area contributed by atoms with Crippen LogP contribution in [0.15, 0.2) is 24.3 Å². The van der Waals surface area contributed by atoms with E-state index >= 15 is 0 Å². The number of likely N-dealkylation sites (N-methyl/N-ethyl adjacent to an activating group) is 2. The van der Waals surface area contributed by atoms with Crippen LogP contribution in [0.5, 0.6) is 0 Å². The van der Waals surface area contributed by atoms with E-state index in [1.165, 1.54) is 18.7 Å². The average molecular weight is 329 g/mol. The number of nitrogens with zero attached hydrogens (tertiary/aromatic N) is 3. The van der Waals surface area contributed by atoms with Crippen LogP contribution in [0.3, 0.4) is 0 Å². The van der Waals surface area contributed by atoms with Gasteiger partial charge in [0.05, 0.1) is 61.4 Å². The molecule has 1 heterocycles. The molecule has 2 N–H and O–H groups in total. The summed E-state index contributed by atoms with van der Waals surface area (Å²) in [6, 6.07) is 9.62. The van der Waals surface area contributed by atoms with Gasteiger partial charge in [0.1, 0.15) is 6.04 Å². The van der Waals surface area contributed by atoms with Crippen LogP contribution in [0.1, 0.15) is 6.42 Å². The second-order valence-corrected chi connectivity index (χ2v) is 8.38. The van der Waals surface area contributed by atoms with Crippen molar-refractivity contribution in [3.63, 3.8) is 0 Å². The molecule has 0 aromatic heterocycles. The molecule has 1 fully saturated rings. The molecule has 22 heavy (non-hydrogen) atoms. The molecule has 4 nitrogen and oxygen atoms in total. The Bertz CT molecular complexity index is 473. The number of halogens is 1. The summed E-state index contributed by atoms with van der Waals surface area (Å²) in [5.74, 6) is 0. The van der Waals surface area contributed by atoms with Crippen molar-refractivity contribution in [1.82, 2.24) is 0 Å². The number of benzene rings is 1. The highest BCUT2D eigenvalue weighted by Crippen LogP contribution is 2.30. The van der Waals surface area contributed by atoms with Crippen LogP contribution < -0.4 is 10.6 Å². The molecule has 1 saturated heterocycles. The summed E-state index contributed by atoms with van der Waals surface area (Å²) in [4.78, 5) is 2.58. The van der Waals surface area contributed by atoms with E-state index in [0.29, 0.717) is 12.1 Å². The molecule has 1 aromatic rings. The molecular formula is C17H33ClN4+2. The van der Waals surface area contributed by atoms with Gasteiger partial charge in [-0.05, 0) is 24.3 Å². The predicted octanol–water partition coefficient (Wildman–Crippen LogP) is 2.05. The lowest BCUT2D eigenvalue weighted by atomic mass is 10.1. The number of quaternary nitrogens is 2. The van der Waals surface area contributed by atoms with Crippen molar-refractivity contribution in [2.75, 3.05) is 66.0 Å². The Morgan fingerprint density at radius 1 is 1.05 bits per heavy atom. The van der Waals surface area contributed by atoms with Crippen LogP contribution in [0.25, 0.3) is 0 Å². The van der Waals surface area contributed by atoms with Crippen molar-refractivity contribution >= 4 is 23.8 Å². The van der Waals surface area contributed by atoms with Gasteiger partial charge in [-0.1, -0.05) is 0 Å². The van der Waals surface area contributed by atoms with Gasteiger partial charge in [0, 0.05) is 17.8 Å². The van der Waals surface area contributed by atoms with E-state index in [4.69, 9.17) is 5.73 Å². The van der Waals surface area contributed by atoms with Crippen LogP contribution in [0.4, 0.5) is 11.4 Å². The third-order valence-corrected chi connectivity index (χ3v) is 4.47. The van der Waals surface area contributed by atoms with Crippen molar-refractivity contribution < 1.29 is 8.97 Å². The molecule has 5 heteroatoms. The van der Waals surface area contributed by atoms with Crippen molar-refractivity contribution in [2.45, 2.75) is 18.5 Å². The fraction of sp³-hybridized carbons (Fsp3) is 0.647. The first kappa shape index (κ1) is 19.1. The van der Waals surface area contributed by atoms with E-state index in [1.807, 2.05) is 12.1 Å². The Kier molecular flexibility index (Phi) is 5.77. The summed E-state index contributed by atoms with van der Waals surface area (Å²) in [5, 5.41) is 0. The van der Waals surface area contributed by atoms with E-state index < -0.39 is 0 Å². The number of nitrogen functional groups attached to an aromatic ring is 1. The molecule has 0 bridgehead atoms. The van der Waals surface area contributed by atoms with E-state index in [-0.39, 0.29) is 12.4 Å². The highest BCUT2D eigenvalue weighted by Gasteiger charge is 2.41. The van der Waals surface area contributed by atoms with Crippen molar-refractivity contribution in [2.24, 2.45) is 0 Å². The molecular weight excluding hydrogens is 296 g/mol. The van der Waals surface area contributed by atoms with E-state index in [9.17, 15) is 0 Å². The first-order valence-electron chi connectivity index (χ1n) is 7.80. The second-order valence-electron chi connectivity index (χ2n) is 8.38. The van der Waals surface area contributed by atoms with Gasteiger partial charge in [-0.2, -0.15) is 0 Å². The Labute approximate surface area is 142 Å². The minimum Gasteiger partial charge on any atom is -0.399 e. The smallest absolute Gasteiger partial charge is 0.108 e. The van der Waals surface area contributed by atoms with Gasteiger partial charge in [0.15, 0.2) is 0 Å². The number of hydrogen-bond acceptors (Lipinski definition) is 2. The lowest BCUT2D eigenvalue weighted by Gasteiger charge is -2.33. The predicted molar refractivity (Wildman–Crippen MR) is 98.6 cm³/mol. The number of nitrogens with two attached hydrogens (primary N) is 1. The number of anilines is 2. The van der Waals surface area contributed by atoms with Crippen molar-refractivity contribution in [3.8, 4) is 0 Å². The molecule has 0 aliphatic carbocycles. The van der Waals surface area contributed by atoms with Crippen LogP contribution in [0, 0.1) is 0 Å². The fourth-order valence-electron chi connectivity index (χ4n) is 3.24. The molecule has 0 spiro atoms. The van der Waals surface area contributed by atoms with Crippen LogP contribution in [-0.4, -0.2) is 76.4 Å². The monoisotopic (exact) mass is 328 g/mol. The Hall–Kier alpha value is -0.970. The van der Waals surface area contributed by atoms with E-state index in [1.54, 1.807) is 0 Å². The summed E-state index contributed by atoms with van der Waals surface area (Å²) >= 11 is 0. The van der Waals surface area contributed by atoms with Gasteiger partial charge in [-0.15, -0.1) is 12.4 Å². The van der Waals surface area contributed by atoms with Gasteiger partial charge in [-0.25, -0.2) is 0 Å². The third kappa shape index (κ3) is 4.77. The Balaban J connectivity index is 0.00000242. The van der Waals surface area contributed by atoms with Gasteiger partial charge < -0.3 is 19.6 Å². The number of hydrogen-bond donors (Lipinski definition) is 1. The molecule has 0 amide bonds. The molecule has 1 aliphatic heterocycles. The Morgan fingerprint density at radius 2 is 1.59 bits per heavy atom. The maximum Gasteiger partial charge on any atom is 0.108 e. The lowest BCUT2D eigenvalue weighted by molar-refractivity contribution is -0.894. The second kappa shape index (κ2) is 6.65. The quantitative estimate of drug-likeness (QED) is 0.677. The maximum absolute atomic E-state index is 5.83. The minimum atomic E-state index is 0. The highest BCUT2D eigenvalue weighted by molar-refractivity contribution is 5.85. The lowest BCUT2D eigenvalue weighted by Crippen LogP contribution is -2.46. The summed E-state index contributed by atoms with van der Waals surface area (Å²) in [7, 11) is 13.8. The minimum absolute atomic E-state index is 0. The van der Waals surface area contributed by atoms with E-state index in [2.05, 4.69) is 59.3 Å². The van der Waals surface area contributed by atoms with Gasteiger partial charge >= 0.3 is 0 Å². The zero-order chi connectivity index (χ0) is 15.8. The molecule has 2 unspecified atom stereocenters. The van der Waals surface area contributed by atoms with Crippen LogP contribution in [-0.2, 0) is 0 Å². The molecule has 1 aliphatic rings. The summed E-state index contributed by atoms with van der Waals surface area (Å²) in [6.45, 7) is 2.29. The zero-order valence-electron chi connectivity index (χ0n) is 14.9. The maximum atomic E-state index is 5.83. The third-order valence-electron chi connectivity index (χ3n) is 4.47. The molecule has 2 rings (SSSR count). The molecule has 2 atom stereocenters. The normalized spacial score (nSPS) is 22.5. The number of rotatable bonds is 4. The van der Waals surface area contributed by atoms with Crippen LogP contribution >= 0.6 is 12.4 Å². The topological polar surface area (TPSA) is 29.3 Å². The Morgan fingerprint density at radius 3 is 2.05 bits per heavy atom. The standard InChI is InChI=1S/C17H32N4.ClH/c1-20(2,3)13-16-11-17(21(4,5)6)12-19(16)15-9-7-14(18)8-10-15;/h7-10,16-17H,11-13,18H2,1-6H3;1H/q+2;. The molecule has 1 aromatic carbocycles. The summed E-state index contributed by atoms with van der Waals surface area (Å²) < 4.78 is 2.03. The van der Waals surface area contributed by atoms with Crippen molar-refractivity contribution in [3.05, 3.63) is 24.3 Å². The van der Waals surface area contributed by atoms with E-state index in [0.717, 1.165) is 21.2 Å². The van der Waals surface area contributed by atoms with Gasteiger partial charge in [-0.3, -0.25) is 0 Å². The zero-order valence-corrected chi connectivity index (χ0v) is 15.7. The summed E-state index contributed by atoms with van der Waals surface area (Å²) in [6.07, 6.45) is 1.25. The largest absolute Gasteiger partial charge is 0.399 e. The molecule has 0 radical (unpaired) electrons.